The van der Waals surface area contributed by atoms with Gasteiger partial charge < -0.3 is 4.74 Å². The summed E-state index contributed by atoms with van der Waals surface area (Å²) >= 11 is 3.41. The lowest BCUT2D eigenvalue weighted by atomic mass is 10.1. The number of ketones is 1. The molecule has 2 rings (SSSR count). The summed E-state index contributed by atoms with van der Waals surface area (Å²) in [6.07, 6.45) is 1.29. The summed E-state index contributed by atoms with van der Waals surface area (Å²) in [7, 11) is 0. The van der Waals surface area contributed by atoms with Gasteiger partial charge in [0.15, 0.2) is 5.78 Å². The van der Waals surface area contributed by atoms with E-state index in [1.54, 1.807) is 12.1 Å². The van der Waals surface area contributed by atoms with Crippen molar-refractivity contribution in [2.75, 3.05) is 0 Å². The van der Waals surface area contributed by atoms with Gasteiger partial charge in [0, 0.05) is 0 Å². The van der Waals surface area contributed by atoms with Gasteiger partial charge in [0.2, 0.25) is 0 Å². The average molecular weight is 317 g/mol. The number of carbonyl (C=O) groups excluding carboxylic acids is 1. The Morgan fingerprint density at radius 1 is 1.16 bits per heavy atom. The molecule has 0 aliphatic heterocycles. The van der Waals surface area contributed by atoms with E-state index in [2.05, 4.69) is 22.5 Å². The Kier molecular flexibility index (Phi) is 4.53. The topological polar surface area (TPSA) is 26.3 Å². The van der Waals surface area contributed by atoms with Gasteiger partial charge in [-0.15, -0.1) is 0 Å². The van der Waals surface area contributed by atoms with Gasteiger partial charge >= 0.3 is 0 Å². The average Bonchev–Trinajstić information content (AvgIpc) is 2.46. The molecule has 0 heterocycles. The van der Waals surface area contributed by atoms with Gasteiger partial charge in [-0.1, -0.05) is 43.0 Å². The van der Waals surface area contributed by atoms with Crippen LogP contribution in [-0.2, 0) is 6.61 Å². The molecule has 96 valence electrons. The third-order valence-corrected chi connectivity index (χ3v) is 3.27. The summed E-state index contributed by atoms with van der Waals surface area (Å²) in [6.45, 7) is 3.92. The van der Waals surface area contributed by atoms with Gasteiger partial charge in [-0.05, 0) is 39.7 Å². The Bertz CT molecular complexity index is 591. The standard InChI is InChI=1S/C16H13BrO2/c1-2-15(18)13-9-6-10-14(17)16(13)19-11-12-7-4-3-5-8-12/h2-10H,1,11H2. The van der Waals surface area contributed by atoms with Crippen LogP contribution in [0.15, 0.2) is 65.7 Å². The zero-order valence-corrected chi connectivity index (χ0v) is 11.9. The molecule has 2 aromatic carbocycles. The maximum atomic E-state index is 11.8. The summed E-state index contributed by atoms with van der Waals surface area (Å²) in [6, 6.07) is 15.2. The van der Waals surface area contributed by atoms with Crippen molar-refractivity contribution in [1.29, 1.82) is 0 Å². The molecule has 0 aliphatic rings. The molecule has 0 aromatic heterocycles. The third-order valence-electron chi connectivity index (χ3n) is 2.64. The van der Waals surface area contributed by atoms with Crippen LogP contribution in [0, 0.1) is 0 Å². The molecule has 0 saturated carbocycles. The molecule has 0 N–H and O–H groups in total. The molecule has 0 unspecified atom stereocenters. The third kappa shape index (κ3) is 3.32. The van der Waals surface area contributed by atoms with Crippen LogP contribution in [0.1, 0.15) is 15.9 Å². The fourth-order valence-electron chi connectivity index (χ4n) is 1.69. The minimum atomic E-state index is -0.149. The van der Waals surface area contributed by atoms with Crippen LogP contribution >= 0.6 is 15.9 Å². The second-order valence-electron chi connectivity index (χ2n) is 3.96. The molecule has 0 bridgehead atoms. The van der Waals surface area contributed by atoms with Crippen LogP contribution in [0.5, 0.6) is 5.75 Å². The molecular formula is C16H13BrO2. The van der Waals surface area contributed by atoms with Gasteiger partial charge in [0.1, 0.15) is 12.4 Å². The molecule has 2 aromatic rings. The molecule has 0 atom stereocenters. The maximum absolute atomic E-state index is 11.8. The zero-order chi connectivity index (χ0) is 13.7. The summed E-state index contributed by atoms with van der Waals surface area (Å²) < 4.78 is 6.52. The molecule has 0 fully saturated rings. The van der Waals surface area contributed by atoms with Crippen molar-refractivity contribution >= 4 is 21.7 Å². The Hall–Kier alpha value is -1.87. The van der Waals surface area contributed by atoms with Crippen LogP contribution in [0.25, 0.3) is 0 Å². The predicted molar refractivity (Wildman–Crippen MR) is 79.4 cm³/mol. The van der Waals surface area contributed by atoms with Crippen LogP contribution in [-0.4, -0.2) is 5.78 Å². The first-order valence-corrected chi connectivity index (χ1v) is 6.63. The van der Waals surface area contributed by atoms with E-state index in [1.165, 1.54) is 6.08 Å². The van der Waals surface area contributed by atoms with Crippen molar-refractivity contribution in [2.45, 2.75) is 6.61 Å². The molecule has 0 radical (unpaired) electrons. The number of carbonyl (C=O) groups is 1. The first kappa shape index (κ1) is 13.6. The van der Waals surface area contributed by atoms with Crippen LogP contribution in [0.4, 0.5) is 0 Å². The van der Waals surface area contributed by atoms with Crippen molar-refractivity contribution in [3.8, 4) is 5.75 Å². The summed E-state index contributed by atoms with van der Waals surface area (Å²) in [5, 5.41) is 0. The molecular weight excluding hydrogens is 304 g/mol. The highest BCUT2D eigenvalue weighted by Gasteiger charge is 2.12. The SMILES string of the molecule is C=CC(=O)c1cccc(Br)c1OCc1ccccc1. The van der Waals surface area contributed by atoms with Gasteiger partial charge in [-0.3, -0.25) is 4.79 Å². The van der Waals surface area contributed by atoms with Crippen LogP contribution in [0.3, 0.4) is 0 Å². The number of allylic oxidation sites excluding steroid dienone is 1. The van der Waals surface area contributed by atoms with Crippen LogP contribution < -0.4 is 4.74 Å². The first-order chi connectivity index (χ1) is 9.22. The summed E-state index contributed by atoms with van der Waals surface area (Å²) in [5.41, 5.74) is 1.57. The van der Waals surface area contributed by atoms with Crippen molar-refractivity contribution in [2.24, 2.45) is 0 Å². The van der Waals surface area contributed by atoms with Crippen molar-refractivity contribution < 1.29 is 9.53 Å². The smallest absolute Gasteiger partial charge is 0.189 e. The van der Waals surface area contributed by atoms with E-state index in [1.807, 2.05) is 36.4 Å². The molecule has 2 nitrogen and oxygen atoms in total. The van der Waals surface area contributed by atoms with E-state index in [-0.39, 0.29) is 5.78 Å². The molecule has 0 aliphatic carbocycles. The number of rotatable bonds is 5. The number of para-hydroxylation sites is 1. The Morgan fingerprint density at radius 3 is 2.58 bits per heavy atom. The van der Waals surface area contributed by atoms with E-state index in [9.17, 15) is 4.79 Å². The lowest BCUT2D eigenvalue weighted by molar-refractivity contribution is 0.104. The molecule has 3 heteroatoms. The second kappa shape index (κ2) is 6.34. The Labute approximate surface area is 120 Å². The molecule has 0 amide bonds. The molecule has 19 heavy (non-hydrogen) atoms. The normalized spacial score (nSPS) is 9.95. The van der Waals surface area contributed by atoms with Crippen LogP contribution in [0.2, 0.25) is 0 Å². The van der Waals surface area contributed by atoms with E-state index >= 15 is 0 Å². The highest BCUT2D eigenvalue weighted by atomic mass is 79.9. The lowest BCUT2D eigenvalue weighted by Crippen LogP contribution is -2.03. The molecule has 0 spiro atoms. The number of benzene rings is 2. The quantitative estimate of drug-likeness (QED) is 0.603. The van der Waals surface area contributed by atoms with Crippen molar-refractivity contribution in [1.82, 2.24) is 0 Å². The largest absolute Gasteiger partial charge is 0.487 e. The first-order valence-electron chi connectivity index (χ1n) is 5.84. The molecule has 0 saturated heterocycles. The van der Waals surface area contributed by atoms with Gasteiger partial charge in [0.05, 0.1) is 10.0 Å². The number of hydrogen-bond acceptors (Lipinski definition) is 2. The number of halogens is 1. The summed E-state index contributed by atoms with van der Waals surface area (Å²) in [4.78, 5) is 11.8. The number of hydrogen-bond donors (Lipinski definition) is 0. The van der Waals surface area contributed by atoms with Crippen molar-refractivity contribution in [3.05, 3.63) is 76.8 Å². The van der Waals surface area contributed by atoms with Crippen molar-refractivity contribution in [3.63, 3.8) is 0 Å². The highest BCUT2D eigenvalue weighted by molar-refractivity contribution is 9.10. The van der Waals surface area contributed by atoms with Gasteiger partial charge in [0.25, 0.3) is 0 Å². The summed E-state index contributed by atoms with van der Waals surface area (Å²) in [5.74, 6) is 0.403. The van der Waals surface area contributed by atoms with E-state index in [0.29, 0.717) is 17.9 Å². The van der Waals surface area contributed by atoms with Gasteiger partial charge in [-0.2, -0.15) is 0 Å². The van der Waals surface area contributed by atoms with E-state index in [0.717, 1.165) is 10.0 Å². The van der Waals surface area contributed by atoms with Gasteiger partial charge in [-0.25, -0.2) is 0 Å². The predicted octanol–water partition coefficient (Wildman–Crippen LogP) is 4.40. The second-order valence-corrected chi connectivity index (χ2v) is 4.81. The minimum Gasteiger partial charge on any atom is -0.487 e. The maximum Gasteiger partial charge on any atom is 0.189 e. The highest BCUT2D eigenvalue weighted by Crippen LogP contribution is 2.30. The Balaban J connectivity index is 2.24. The zero-order valence-electron chi connectivity index (χ0n) is 10.3. The minimum absolute atomic E-state index is 0.149. The number of ether oxygens (including phenoxy) is 1. The fourth-order valence-corrected chi connectivity index (χ4v) is 2.17. The monoisotopic (exact) mass is 316 g/mol. The van der Waals surface area contributed by atoms with E-state index in [4.69, 9.17) is 4.74 Å². The lowest BCUT2D eigenvalue weighted by Gasteiger charge is -2.11. The van der Waals surface area contributed by atoms with E-state index < -0.39 is 0 Å². The fraction of sp³-hybridized carbons (Fsp3) is 0.0625. The Morgan fingerprint density at radius 2 is 1.89 bits per heavy atom.